The molecule has 0 spiro atoms. The minimum atomic E-state index is 0.187. The predicted molar refractivity (Wildman–Crippen MR) is 106 cm³/mol. The summed E-state index contributed by atoms with van der Waals surface area (Å²) >= 11 is 0. The molecule has 10 heteroatoms. The standard InChI is InChI=1S/C19H19N9O/c1-12-11-29-8-7-27(12)17-9-13(15-3-6-22-26(15)2)18-14(10-20)25-28(19(18)23-17)16-4-5-21-24-16/h3-6,9,12H,7-8,11H2,1-2H3,(H,21,24)/t12-/m1/s1. The van der Waals surface area contributed by atoms with Crippen molar-refractivity contribution in [2.24, 2.45) is 7.05 Å². The molecule has 0 aliphatic carbocycles. The highest BCUT2D eigenvalue weighted by Crippen LogP contribution is 2.34. The van der Waals surface area contributed by atoms with E-state index in [1.807, 2.05) is 19.2 Å². The van der Waals surface area contributed by atoms with Crippen LogP contribution in [0.3, 0.4) is 0 Å². The maximum absolute atomic E-state index is 9.77. The van der Waals surface area contributed by atoms with Crippen molar-refractivity contribution in [2.75, 3.05) is 24.7 Å². The molecule has 5 rings (SSSR count). The van der Waals surface area contributed by atoms with Gasteiger partial charge < -0.3 is 9.64 Å². The van der Waals surface area contributed by atoms with Gasteiger partial charge >= 0.3 is 0 Å². The molecule has 1 fully saturated rings. The van der Waals surface area contributed by atoms with Gasteiger partial charge in [-0.1, -0.05) is 0 Å². The van der Waals surface area contributed by atoms with Crippen LogP contribution >= 0.6 is 0 Å². The number of hydrogen-bond donors (Lipinski definition) is 1. The van der Waals surface area contributed by atoms with Gasteiger partial charge in [0, 0.05) is 31.4 Å². The Labute approximate surface area is 166 Å². The lowest BCUT2D eigenvalue weighted by Crippen LogP contribution is -2.44. The second kappa shape index (κ2) is 6.72. The van der Waals surface area contributed by atoms with Gasteiger partial charge in [0.25, 0.3) is 0 Å². The number of anilines is 1. The Bertz CT molecular complexity index is 1210. The fourth-order valence-electron chi connectivity index (χ4n) is 3.77. The molecule has 0 radical (unpaired) electrons. The molecule has 1 saturated heterocycles. The second-order valence-corrected chi connectivity index (χ2v) is 7.00. The van der Waals surface area contributed by atoms with Gasteiger partial charge in [-0.25, -0.2) is 4.98 Å². The summed E-state index contributed by atoms with van der Waals surface area (Å²) in [4.78, 5) is 7.14. The van der Waals surface area contributed by atoms with Crippen molar-refractivity contribution >= 4 is 16.9 Å². The zero-order chi connectivity index (χ0) is 20.0. The minimum Gasteiger partial charge on any atom is -0.377 e. The van der Waals surface area contributed by atoms with Crippen molar-refractivity contribution in [3.05, 3.63) is 36.3 Å². The second-order valence-electron chi connectivity index (χ2n) is 7.00. The predicted octanol–water partition coefficient (Wildman–Crippen LogP) is 1.64. The Hall–Kier alpha value is -3.71. The van der Waals surface area contributed by atoms with Gasteiger partial charge in [0.2, 0.25) is 0 Å². The van der Waals surface area contributed by atoms with Crippen LogP contribution in [0.4, 0.5) is 5.82 Å². The van der Waals surface area contributed by atoms with E-state index in [2.05, 4.69) is 38.3 Å². The van der Waals surface area contributed by atoms with Crippen LogP contribution < -0.4 is 4.90 Å². The average Bonchev–Trinajstić information content (AvgIpc) is 3.47. The van der Waals surface area contributed by atoms with Gasteiger partial charge in [-0.15, -0.1) is 0 Å². The Kier molecular flexibility index (Phi) is 4.03. The number of nitrogens with one attached hydrogen (secondary N) is 1. The summed E-state index contributed by atoms with van der Waals surface area (Å²) in [5, 5.41) is 26.2. The fraction of sp³-hybridized carbons (Fsp3) is 0.316. The number of fused-ring (bicyclic) bond motifs is 1. The number of nitrogens with zero attached hydrogens (tertiary/aromatic N) is 8. The van der Waals surface area contributed by atoms with Gasteiger partial charge in [0.15, 0.2) is 17.2 Å². The van der Waals surface area contributed by atoms with E-state index in [9.17, 15) is 5.26 Å². The van der Waals surface area contributed by atoms with Crippen LogP contribution in [-0.4, -0.2) is 60.5 Å². The van der Waals surface area contributed by atoms with Gasteiger partial charge in [0.05, 0.1) is 36.5 Å². The molecule has 0 bridgehead atoms. The molecule has 1 N–H and O–H groups in total. The minimum absolute atomic E-state index is 0.187. The summed E-state index contributed by atoms with van der Waals surface area (Å²) in [6.45, 7) is 4.15. The van der Waals surface area contributed by atoms with Crippen LogP contribution in [-0.2, 0) is 11.8 Å². The van der Waals surface area contributed by atoms with E-state index in [1.54, 1.807) is 27.8 Å². The molecule has 1 aliphatic rings. The smallest absolute Gasteiger partial charge is 0.173 e. The summed E-state index contributed by atoms with van der Waals surface area (Å²) in [5.41, 5.74) is 2.66. The monoisotopic (exact) mass is 389 g/mol. The zero-order valence-corrected chi connectivity index (χ0v) is 16.1. The first-order valence-corrected chi connectivity index (χ1v) is 9.33. The summed E-state index contributed by atoms with van der Waals surface area (Å²) in [7, 11) is 1.88. The van der Waals surface area contributed by atoms with E-state index in [-0.39, 0.29) is 6.04 Å². The Balaban J connectivity index is 1.83. The van der Waals surface area contributed by atoms with Crippen LogP contribution in [0.1, 0.15) is 12.6 Å². The van der Waals surface area contributed by atoms with Crippen LogP contribution in [0.2, 0.25) is 0 Å². The third-order valence-electron chi connectivity index (χ3n) is 5.20. The maximum atomic E-state index is 9.77. The van der Waals surface area contributed by atoms with Gasteiger partial charge in [-0.3, -0.25) is 9.78 Å². The molecule has 4 aromatic heterocycles. The summed E-state index contributed by atoms with van der Waals surface area (Å²) in [5.74, 6) is 1.46. The number of morpholine rings is 1. The highest BCUT2D eigenvalue weighted by atomic mass is 16.5. The molecule has 5 heterocycles. The zero-order valence-electron chi connectivity index (χ0n) is 16.1. The number of pyridine rings is 1. The number of rotatable bonds is 3. The molecule has 1 aliphatic heterocycles. The summed E-state index contributed by atoms with van der Waals surface area (Å²) in [6, 6.07) is 8.14. The van der Waals surface area contributed by atoms with Crippen LogP contribution in [0.25, 0.3) is 28.1 Å². The summed E-state index contributed by atoms with van der Waals surface area (Å²) in [6.07, 6.45) is 3.38. The van der Waals surface area contributed by atoms with E-state index in [4.69, 9.17) is 9.72 Å². The first kappa shape index (κ1) is 17.4. The Morgan fingerprint density at radius 1 is 1.31 bits per heavy atom. The number of nitriles is 1. The molecule has 1 atom stereocenters. The molecular weight excluding hydrogens is 370 g/mol. The molecule has 146 valence electrons. The number of hydrogen-bond acceptors (Lipinski definition) is 7. The Morgan fingerprint density at radius 2 is 2.21 bits per heavy atom. The third kappa shape index (κ3) is 2.75. The molecule has 0 saturated carbocycles. The van der Waals surface area contributed by atoms with Gasteiger partial charge in [-0.2, -0.15) is 25.2 Å². The van der Waals surface area contributed by atoms with Crippen LogP contribution in [0.5, 0.6) is 0 Å². The quantitative estimate of drug-likeness (QED) is 0.566. The topological polar surface area (TPSA) is 113 Å². The normalized spacial score (nSPS) is 17.0. The largest absolute Gasteiger partial charge is 0.377 e. The van der Waals surface area contributed by atoms with Crippen molar-refractivity contribution in [3.63, 3.8) is 0 Å². The van der Waals surface area contributed by atoms with Crippen LogP contribution in [0.15, 0.2) is 30.6 Å². The molecule has 0 aromatic carbocycles. The first-order valence-electron chi connectivity index (χ1n) is 9.33. The average molecular weight is 389 g/mol. The molecule has 4 aromatic rings. The van der Waals surface area contributed by atoms with Crippen LogP contribution in [0, 0.1) is 11.3 Å². The van der Waals surface area contributed by atoms with Crippen molar-refractivity contribution in [3.8, 4) is 23.1 Å². The lowest BCUT2D eigenvalue weighted by atomic mass is 10.1. The molecule has 29 heavy (non-hydrogen) atoms. The number of H-pyrrole nitrogens is 1. The molecule has 10 nitrogen and oxygen atoms in total. The van der Waals surface area contributed by atoms with E-state index < -0.39 is 0 Å². The van der Waals surface area contributed by atoms with Crippen molar-refractivity contribution < 1.29 is 4.74 Å². The van der Waals surface area contributed by atoms with Gasteiger partial charge in [-0.05, 0) is 19.1 Å². The van der Waals surface area contributed by atoms with E-state index >= 15 is 0 Å². The third-order valence-corrected chi connectivity index (χ3v) is 5.20. The molecule has 0 unspecified atom stereocenters. The van der Waals surface area contributed by atoms with Crippen molar-refractivity contribution in [1.82, 2.24) is 34.7 Å². The van der Waals surface area contributed by atoms with E-state index in [0.29, 0.717) is 35.8 Å². The lowest BCUT2D eigenvalue weighted by molar-refractivity contribution is 0.0985. The van der Waals surface area contributed by atoms with E-state index in [1.165, 1.54) is 0 Å². The van der Waals surface area contributed by atoms with Crippen molar-refractivity contribution in [2.45, 2.75) is 13.0 Å². The number of aryl methyl sites for hydroxylation is 1. The van der Waals surface area contributed by atoms with Crippen molar-refractivity contribution in [1.29, 1.82) is 5.26 Å². The lowest BCUT2D eigenvalue weighted by Gasteiger charge is -2.34. The number of ether oxygens (including phenoxy) is 1. The van der Waals surface area contributed by atoms with Gasteiger partial charge in [0.1, 0.15) is 11.9 Å². The Morgan fingerprint density at radius 3 is 2.90 bits per heavy atom. The SMILES string of the molecule is C[C@@H]1COCCN1c1cc(-c2ccnn2C)c2c(C#N)nn(-c3ccn[nH]3)c2n1. The first-order chi connectivity index (χ1) is 14.2. The van der Waals surface area contributed by atoms with E-state index in [0.717, 1.165) is 23.6 Å². The highest BCUT2D eigenvalue weighted by molar-refractivity contribution is 5.97. The number of aromatic amines is 1. The highest BCUT2D eigenvalue weighted by Gasteiger charge is 2.26. The summed E-state index contributed by atoms with van der Waals surface area (Å²) < 4.78 is 9.01. The number of aromatic nitrogens is 7. The molecule has 0 amide bonds. The fourth-order valence-corrected chi connectivity index (χ4v) is 3.77. The molecular formula is C19H19N9O. The maximum Gasteiger partial charge on any atom is 0.173 e.